The van der Waals surface area contributed by atoms with Crippen molar-refractivity contribution in [2.24, 2.45) is 17.8 Å². The Morgan fingerprint density at radius 1 is 1.30 bits per heavy atom. The van der Waals surface area contributed by atoms with Crippen LogP contribution in [-0.4, -0.2) is 43.3 Å². The number of sulfone groups is 1. The third-order valence-electron chi connectivity index (χ3n) is 4.99. The SMILES string of the molecule is CCCN(C(=O)[C@H]1C[C@H]2C=C[C@H]1C2)[C@H]1CCS(=O)(=O)C1. The molecule has 0 aromatic carbocycles. The van der Waals surface area contributed by atoms with Crippen molar-refractivity contribution < 1.29 is 13.2 Å². The van der Waals surface area contributed by atoms with E-state index in [9.17, 15) is 13.2 Å². The first-order valence-electron chi connectivity index (χ1n) is 7.69. The maximum atomic E-state index is 12.8. The van der Waals surface area contributed by atoms with E-state index >= 15 is 0 Å². The second-order valence-corrected chi connectivity index (χ2v) is 8.70. The van der Waals surface area contributed by atoms with E-state index in [2.05, 4.69) is 12.2 Å². The molecular formula is C15H23NO3S. The molecular weight excluding hydrogens is 274 g/mol. The van der Waals surface area contributed by atoms with Gasteiger partial charge in [0.25, 0.3) is 0 Å². The molecule has 3 rings (SSSR count). The molecule has 2 aliphatic carbocycles. The highest BCUT2D eigenvalue weighted by molar-refractivity contribution is 7.91. The minimum Gasteiger partial charge on any atom is -0.338 e. The number of nitrogens with zero attached hydrogens (tertiary/aromatic N) is 1. The van der Waals surface area contributed by atoms with Crippen molar-refractivity contribution in [3.8, 4) is 0 Å². The van der Waals surface area contributed by atoms with E-state index in [1.807, 2.05) is 11.8 Å². The minimum atomic E-state index is -2.93. The van der Waals surface area contributed by atoms with Gasteiger partial charge in [0.15, 0.2) is 9.84 Å². The molecule has 0 aromatic heterocycles. The highest BCUT2D eigenvalue weighted by atomic mass is 32.2. The second kappa shape index (κ2) is 5.17. The lowest BCUT2D eigenvalue weighted by Crippen LogP contribution is -2.45. The summed E-state index contributed by atoms with van der Waals surface area (Å²) in [7, 11) is -2.93. The highest BCUT2D eigenvalue weighted by Gasteiger charge is 2.44. The monoisotopic (exact) mass is 297 g/mol. The lowest BCUT2D eigenvalue weighted by molar-refractivity contribution is -0.138. The summed E-state index contributed by atoms with van der Waals surface area (Å²) in [5.74, 6) is 1.66. The number of hydrogen-bond acceptors (Lipinski definition) is 3. The number of carbonyl (C=O) groups excluding carboxylic acids is 1. The Morgan fingerprint density at radius 3 is 2.60 bits per heavy atom. The van der Waals surface area contributed by atoms with E-state index in [-0.39, 0.29) is 29.4 Å². The summed E-state index contributed by atoms with van der Waals surface area (Å²) in [6, 6.07) is -0.0874. The molecule has 3 aliphatic rings. The quantitative estimate of drug-likeness (QED) is 0.741. The Morgan fingerprint density at radius 2 is 2.10 bits per heavy atom. The van der Waals surface area contributed by atoms with Gasteiger partial charge in [0.1, 0.15) is 0 Å². The maximum absolute atomic E-state index is 12.8. The summed E-state index contributed by atoms with van der Waals surface area (Å²) in [5.41, 5.74) is 0. The highest BCUT2D eigenvalue weighted by Crippen LogP contribution is 2.44. The van der Waals surface area contributed by atoms with Gasteiger partial charge in [0.05, 0.1) is 11.5 Å². The fourth-order valence-corrected chi connectivity index (χ4v) is 5.74. The molecule has 4 atom stereocenters. The summed E-state index contributed by atoms with van der Waals surface area (Å²) in [6.45, 7) is 2.74. The van der Waals surface area contributed by atoms with Crippen molar-refractivity contribution in [1.82, 2.24) is 4.90 Å². The molecule has 0 radical (unpaired) electrons. The molecule has 2 bridgehead atoms. The van der Waals surface area contributed by atoms with Crippen LogP contribution in [0.4, 0.5) is 0 Å². The summed E-state index contributed by atoms with van der Waals surface area (Å²) in [4.78, 5) is 14.7. The Hall–Kier alpha value is -0.840. The molecule has 0 N–H and O–H groups in total. The van der Waals surface area contributed by atoms with Crippen LogP contribution in [0.3, 0.4) is 0 Å². The molecule has 1 saturated carbocycles. The molecule has 1 heterocycles. The van der Waals surface area contributed by atoms with Crippen LogP contribution in [0.25, 0.3) is 0 Å². The van der Waals surface area contributed by atoms with E-state index in [0.29, 0.717) is 24.8 Å². The average Bonchev–Trinajstić information content (AvgIpc) is 3.09. The lowest BCUT2D eigenvalue weighted by atomic mass is 9.91. The van der Waals surface area contributed by atoms with Crippen LogP contribution < -0.4 is 0 Å². The zero-order chi connectivity index (χ0) is 14.3. The molecule has 0 spiro atoms. The van der Waals surface area contributed by atoms with E-state index < -0.39 is 9.84 Å². The number of amides is 1. The molecule has 4 nitrogen and oxygen atoms in total. The first kappa shape index (κ1) is 14.1. The Bertz CT molecular complexity index is 525. The zero-order valence-corrected chi connectivity index (χ0v) is 12.8. The number of carbonyl (C=O) groups is 1. The van der Waals surface area contributed by atoms with Gasteiger partial charge in [-0.25, -0.2) is 8.42 Å². The fourth-order valence-electron chi connectivity index (χ4n) is 4.01. The van der Waals surface area contributed by atoms with Gasteiger partial charge in [-0.1, -0.05) is 19.1 Å². The van der Waals surface area contributed by atoms with Crippen molar-refractivity contribution in [2.45, 2.75) is 38.6 Å². The topological polar surface area (TPSA) is 54.5 Å². The smallest absolute Gasteiger partial charge is 0.226 e. The van der Waals surface area contributed by atoms with Gasteiger partial charge in [0, 0.05) is 18.5 Å². The maximum Gasteiger partial charge on any atom is 0.226 e. The van der Waals surface area contributed by atoms with E-state index in [4.69, 9.17) is 0 Å². The normalized spacial score (nSPS) is 37.5. The van der Waals surface area contributed by atoms with Crippen LogP contribution in [0.5, 0.6) is 0 Å². The van der Waals surface area contributed by atoms with Gasteiger partial charge in [-0.3, -0.25) is 4.79 Å². The van der Waals surface area contributed by atoms with Gasteiger partial charge < -0.3 is 4.90 Å². The van der Waals surface area contributed by atoms with Crippen molar-refractivity contribution in [1.29, 1.82) is 0 Å². The molecule has 5 heteroatoms. The molecule has 2 fully saturated rings. The number of hydrogen-bond donors (Lipinski definition) is 0. The fraction of sp³-hybridized carbons (Fsp3) is 0.800. The summed E-state index contributed by atoms with van der Waals surface area (Å²) < 4.78 is 23.3. The van der Waals surface area contributed by atoms with Crippen LogP contribution in [-0.2, 0) is 14.6 Å². The first-order valence-corrected chi connectivity index (χ1v) is 9.51. The molecule has 20 heavy (non-hydrogen) atoms. The number of fused-ring (bicyclic) bond motifs is 2. The van der Waals surface area contributed by atoms with Crippen LogP contribution in [0.1, 0.15) is 32.6 Å². The zero-order valence-electron chi connectivity index (χ0n) is 12.0. The molecule has 112 valence electrons. The largest absolute Gasteiger partial charge is 0.338 e. The molecule has 0 unspecified atom stereocenters. The Balaban J connectivity index is 1.74. The van der Waals surface area contributed by atoms with E-state index in [1.54, 1.807) is 0 Å². The second-order valence-electron chi connectivity index (χ2n) is 6.48. The third-order valence-corrected chi connectivity index (χ3v) is 6.74. The van der Waals surface area contributed by atoms with Gasteiger partial charge in [-0.2, -0.15) is 0 Å². The van der Waals surface area contributed by atoms with Crippen molar-refractivity contribution in [3.63, 3.8) is 0 Å². The van der Waals surface area contributed by atoms with Crippen molar-refractivity contribution >= 4 is 15.7 Å². The van der Waals surface area contributed by atoms with Crippen molar-refractivity contribution in [3.05, 3.63) is 12.2 Å². The van der Waals surface area contributed by atoms with E-state index in [1.165, 1.54) is 0 Å². The summed E-state index contributed by atoms with van der Waals surface area (Å²) in [5, 5.41) is 0. The Kier molecular flexibility index (Phi) is 3.65. The third kappa shape index (κ3) is 2.52. The minimum absolute atomic E-state index is 0.0874. The summed E-state index contributed by atoms with van der Waals surface area (Å²) >= 11 is 0. The van der Waals surface area contributed by atoms with Gasteiger partial charge >= 0.3 is 0 Å². The molecule has 0 aromatic rings. The standard InChI is InChI=1S/C15H23NO3S/c1-2-6-16(13-5-7-20(18,19)10-13)15(17)14-9-11-3-4-12(14)8-11/h3-4,11-14H,2,5-10H2,1H3/t11-,12-,13-,14-/m0/s1. The number of allylic oxidation sites excluding steroid dienone is 2. The van der Waals surface area contributed by atoms with Crippen molar-refractivity contribution in [2.75, 3.05) is 18.1 Å². The van der Waals surface area contributed by atoms with Crippen LogP contribution in [0, 0.1) is 17.8 Å². The predicted octanol–water partition coefficient (Wildman–Crippen LogP) is 1.62. The van der Waals surface area contributed by atoms with Crippen LogP contribution in [0.15, 0.2) is 12.2 Å². The average molecular weight is 297 g/mol. The predicted molar refractivity (Wildman–Crippen MR) is 77.9 cm³/mol. The van der Waals surface area contributed by atoms with Gasteiger partial charge in [-0.05, 0) is 37.5 Å². The lowest BCUT2D eigenvalue weighted by Gasteiger charge is -2.32. The Labute approximate surface area is 121 Å². The summed E-state index contributed by atoms with van der Waals surface area (Å²) in [6.07, 6.45) is 7.99. The van der Waals surface area contributed by atoms with Gasteiger partial charge in [0.2, 0.25) is 5.91 Å². The van der Waals surface area contributed by atoms with Crippen LogP contribution >= 0.6 is 0 Å². The van der Waals surface area contributed by atoms with Crippen LogP contribution in [0.2, 0.25) is 0 Å². The first-order chi connectivity index (χ1) is 9.50. The van der Waals surface area contributed by atoms with E-state index in [0.717, 1.165) is 19.3 Å². The molecule has 1 aliphatic heterocycles. The number of rotatable bonds is 4. The van der Waals surface area contributed by atoms with Gasteiger partial charge in [-0.15, -0.1) is 0 Å². The molecule has 1 amide bonds. The molecule has 1 saturated heterocycles.